The number of aromatic nitrogens is 2. The Morgan fingerprint density at radius 3 is 1.43 bits per heavy atom. The quantitative estimate of drug-likeness (QED) is 0.152. The fourth-order valence-electron chi connectivity index (χ4n) is 4.36. The highest BCUT2D eigenvalue weighted by Crippen LogP contribution is 2.20. The highest BCUT2D eigenvalue weighted by atomic mass is 35.5. The Balaban J connectivity index is 0.000000230. The molecular weight excluding hydrogens is 552 g/mol. The third-order valence-corrected chi connectivity index (χ3v) is 6.94. The third-order valence-electron chi connectivity index (χ3n) is 6.58. The summed E-state index contributed by atoms with van der Waals surface area (Å²) in [7, 11) is 0. The van der Waals surface area contributed by atoms with Gasteiger partial charge in [-0.25, -0.2) is 0 Å². The van der Waals surface area contributed by atoms with Crippen LogP contribution < -0.4 is 0 Å². The van der Waals surface area contributed by atoms with Gasteiger partial charge in [0.25, 0.3) is 0 Å². The van der Waals surface area contributed by atoms with Gasteiger partial charge >= 0.3 is 0 Å². The number of rotatable bonds is 14. The van der Waals surface area contributed by atoms with Crippen molar-refractivity contribution in [2.24, 2.45) is 0 Å². The van der Waals surface area contributed by atoms with Crippen LogP contribution in [-0.4, -0.2) is 71.4 Å². The zero-order valence-electron chi connectivity index (χ0n) is 24.0. The lowest BCUT2D eigenvalue weighted by Gasteiger charge is -2.24. The predicted octanol–water partition coefficient (Wildman–Crippen LogP) is 4.95. The number of nitrogens with zero attached hydrogens (tertiary/aromatic N) is 4. The van der Waals surface area contributed by atoms with Crippen LogP contribution in [0.3, 0.4) is 0 Å². The third kappa shape index (κ3) is 11.8. The molecule has 224 valence electrons. The molecule has 2 unspecified atom stereocenters. The second-order valence-electron chi connectivity index (χ2n) is 10.1. The van der Waals surface area contributed by atoms with E-state index >= 15 is 0 Å². The summed E-state index contributed by atoms with van der Waals surface area (Å²) < 4.78 is 0. The summed E-state index contributed by atoms with van der Waals surface area (Å²) in [6.07, 6.45) is 3.23. The Hall–Kier alpha value is -3.53. The van der Waals surface area contributed by atoms with Crippen molar-refractivity contribution >= 4 is 11.6 Å². The minimum atomic E-state index is -0.610. The van der Waals surface area contributed by atoms with Crippen LogP contribution in [0.25, 0.3) is 0 Å². The number of halogens is 1. The van der Waals surface area contributed by atoms with Gasteiger partial charge in [0.05, 0.1) is 23.6 Å². The molecule has 0 bridgehead atoms. The SMILES string of the molecule is CCC(O)CN(Cc1ccccn1)Cc1ccccc1O.Oc1ccccc1CN(Cc1ccccn1)CC(O)CCl. The zero-order chi connectivity index (χ0) is 30.2. The maximum Gasteiger partial charge on any atom is 0.120 e. The van der Waals surface area contributed by atoms with E-state index in [4.69, 9.17) is 11.6 Å². The molecule has 0 aliphatic rings. The highest BCUT2D eigenvalue weighted by molar-refractivity contribution is 6.18. The first-order valence-corrected chi connectivity index (χ1v) is 14.6. The van der Waals surface area contributed by atoms with Gasteiger partial charge in [-0.3, -0.25) is 19.8 Å². The van der Waals surface area contributed by atoms with Crippen molar-refractivity contribution in [3.05, 3.63) is 120 Å². The fourth-order valence-corrected chi connectivity index (χ4v) is 4.45. The molecule has 9 heteroatoms. The Labute approximate surface area is 253 Å². The molecule has 0 amide bonds. The van der Waals surface area contributed by atoms with Crippen molar-refractivity contribution in [2.75, 3.05) is 19.0 Å². The molecule has 4 N–H and O–H groups in total. The number of phenolic OH excluding ortho intramolecular Hbond substituents is 2. The second kappa shape index (κ2) is 18.1. The number of benzene rings is 2. The standard InChI is InChI=1S/C17H22N2O2.C16H19ClN2O2/c1-2-16(20)13-19(12-15-8-5-6-10-18-15)11-14-7-3-4-9-17(14)21;17-9-15(20)12-19(11-14-6-3-4-8-18-14)10-13-5-1-2-7-16(13)21/h3-10,16,20-21H,2,11-13H2,1H3;1-8,15,20-21H,9-12H2. The predicted molar refractivity (Wildman–Crippen MR) is 166 cm³/mol. The van der Waals surface area contributed by atoms with E-state index in [0.29, 0.717) is 45.7 Å². The van der Waals surface area contributed by atoms with E-state index in [1.165, 1.54) is 0 Å². The Morgan fingerprint density at radius 1 is 0.619 bits per heavy atom. The lowest BCUT2D eigenvalue weighted by Crippen LogP contribution is -2.32. The average molecular weight is 593 g/mol. The first kappa shape index (κ1) is 33.0. The molecule has 0 aliphatic heterocycles. The van der Waals surface area contributed by atoms with E-state index in [1.54, 1.807) is 30.6 Å². The maximum atomic E-state index is 9.93. The van der Waals surface area contributed by atoms with Gasteiger partial charge in [-0.05, 0) is 42.8 Å². The second-order valence-corrected chi connectivity index (χ2v) is 10.4. The van der Waals surface area contributed by atoms with Crippen LogP contribution in [0.1, 0.15) is 35.9 Å². The molecule has 2 heterocycles. The molecular formula is C33H41ClN4O4. The van der Waals surface area contributed by atoms with Crippen LogP contribution in [0.4, 0.5) is 0 Å². The van der Waals surface area contributed by atoms with E-state index in [-0.39, 0.29) is 23.5 Å². The number of alkyl halides is 1. The molecule has 0 spiro atoms. The number of hydrogen-bond donors (Lipinski definition) is 4. The molecule has 2 aromatic heterocycles. The van der Waals surface area contributed by atoms with Crippen molar-refractivity contribution < 1.29 is 20.4 Å². The fraction of sp³-hybridized carbons (Fsp3) is 0.333. The number of aromatic hydroxyl groups is 2. The molecule has 2 aromatic carbocycles. The van der Waals surface area contributed by atoms with E-state index in [1.807, 2.05) is 78.6 Å². The Morgan fingerprint density at radius 2 is 1.05 bits per heavy atom. The highest BCUT2D eigenvalue weighted by Gasteiger charge is 2.15. The summed E-state index contributed by atoms with van der Waals surface area (Å²) in [6.45, 7) is 5.28. The maximum absolute atomic E-state index is 9.93. The van der Waals surface area contributed by atoms with Crippen molar-refractivity contribution in [1.29, 1.82) is 0 Å². The summed E-state index contributed by atoms with van der Waals surface area (Å²) >= 11 is 5.69. The number of aliphatic hydroxyl groups excluding tert-OH is 2. The first-order valence-electron chi connectivity index (χ1n) is 14.1. The lowest BCUT2D eigenvalue weighted by molar-refractivity contribution is 0.100. The minimum Gasteiger partial charge on any atom is -0.508 e. The van der Waals surface area contributed by atoms with E-state index in [0.717, 1.165) is 22.5 Å². The van der Waals surface area contributed by atoms with E-state index in [9.17, 15) is 20.4 Å². The van der Waals surface area contributed by atoms with Crippen molar-refractivity contribution in [3.8, 4) is 11.5 Å². The smallest absolute Gasteiger partial charge is 0.120 e. The molecule has 42 heavy (non-hydrogen) atoms. The topological polar surface area (TPSA) is 113 Å². The summed E-state index contributed by atoms with van der Waals surface area (Å²) in [5.74, 6) is 0.720. The summed E-state index contributed by atoms with van der Waals surface area (Å²) in [5, 5.41) is 39.5. The molecule has 2 atom stereocenters. The van der Waals surface area contributed by atoms with Crippen LogP contribution in [0.5, 0.6) is 11.5 Å². The van der Waals surface area contributed by atoms with Crippen LogP contribution in [0, 0.1) is 0 Å². The molecule has 0 fully saturated rings. The normalized spacial score (nSPS) is 12.5. The van der Waals surface area contributed by atoms with Gasteiger partial charge in [0.1, 0.15) is 11.5 Å². The van der Waals surface area contributed by atoms with E-state index in [2.05, 4.69) is 14.9 Å². The summed E-state index contributed by atoms with van der Waals surface area (Å²) in [4.78, 5) is 12.7. The van der Waals surface area contributed by atoms with Crippen molar-refractivity contribution in [3.63, 3.8) is 0 Å². The average Bonchev–Trinajstić information content (AvgIpc) is 3.00. The summed E-state index contributed by atoms with van der Waals surface area (Å²) in [6, 6.07) is 26.0. The monoisotopic (exact) mass is 592 g/mol. The van der Waals surface area contributed by atoms with Gasteiger partial charge in [-0.15, -0.1) is 11.6 Å². The number of para-hydroxylation sites is 2. The molecule has 0 saturated heterocycles. The van der Waals surface area contributed by atoms with Crippen molar-refractivity contribution in [2.45, 2.75) is 51.7 Å². The first-order chi connectivity index (χ1) is 20.4. The molecule has 4 aromatic rings. The Kier molecular flexibility index (Phi) is 14.2. The number of aliphatic hydroxyl groups is 2. The minimum absolute atomic E-state index is 0.180. The van der Waals surface area contributed by atoms with Gasteiger partial charge in [0, 0.05) is 68.7 Å². The zero-order valence-corrected chi connectivity index (χ0v) is 24.8. The van der Waals surface area contributed by atoms with Crippen LogP contribution in [0.15, 0.2) is 97.3 Å². The lowest BCUT2D eigenvalue weighted by atomic mass is 10.1. The van der Waals surface area contributed by atoms with Gasteiger partial charge in [0.15, 0.2) is 0 Å². The van der Waals surface area contributed by atoms with Gasteiger partial charge < -0.3 is 20.4 Å². The molecule has 0 aliphatic carbocycles. The van der Waals surface area contributed by atoms with Gasteiger partial charge in [0.2, 0.25) is 0 Å². The van der Waals surface area contributed by atoms with Gasteiger partial charge in [-0.1, -0.05) is 55.5 Å². The number of phenols is 2. The largest absolute Gasteiger partial charge is 0.508 e. The summed E-state index contributed by atoms with van der Waals surface area (Å²) in [5.41, 5.74) is 3.54. The Bertz CT molecular complexity index is 1200. The molecule has 8 nitrogen and oxygen atoms in total. The van der Waals surface area contributed by atoms with Crippen molar-refractivity contribution in [1.82, 2.24) is 19.8 Å². The van der Waals surface area contributed by atoms with E-state index < -0.39 is 6.10 Å². The van der Waals surface area contributed by atoms with Gasteiger partial charge in [-0.2, -0.15) is 0 Å². The molecule has 4 rings (SSSR count). The molecule has 0 saturated carbocycles. The van der Waals surface area contributed by atoms with Crippen LogP contribution >= 0.6 is 11.6 Å². The van der Waals surface area contributed by atoms with Crippen LogP contribution in [-0.2, 0) is 26.2 Å². The number of hydrogen-bond acceptors (Lipinski definition) is 8. The number of pyridine rings is 2. The molecule has 0 radical (unpaired) electrons. The van der Waals surface area contributed by atoms with Crippen LogP contribution in [0.2, 0.25) is 0 Å².